The third kappa shape index (κ3) is 4.14. The van der Waals surface area contributed by atoms with Crippen molar-refractivity contribution < 1.29 is 4.79 Å². The minimum atomic E-state index is -0.113. The maximum atomic E-state index is 12.6. The van der Waals surface area contributed by atoms with E-state index in [0.717, 1.165) is 27.9 Å². The molecule has 0 unspecified atom stereocenters. The number of hydrogen-bond acceptors (Lipinski definition) is 3. The molecular weight excluding hydrogens is 388 g/mol. The Labute approximate surface area is 172 Å². The first-order valence-electron chi connectivity index (χ1n) is 8.81. The van der Waals surface area contributed by atoms with Gasteiger partial charge >= 0.3 is 0 Å². The summed E-state index contributed by atoms with van der Waals surface area (Å²) in [6, 6.07) is 21.1. The van der Waals surface area contributed by atoms with Crippen molar-refractivity contribution in [3.63, 3.8) is 0 Å². The summed E-state index contributed by atoms with van der Waals surface area (Å²) in [4.78, 5) is 17.0. The normalized spacial score (nSPS) is 10.6. The molecule has 2 heterocycles. The molecule has 3 nitrogen and oxygen atoms in total. The van der Waals surface area contributed by atoms with Crippen LogP contribution in [0, 0.1) is 0 Å². The molecule has 0 saturated heterocycles. The van der Waals surface area contributed by atoms with E-state index >= 15 is 0 Å². The highest BCUT2D eigenvalue weighted by Crippen LogP contribution is 2.24. The molecule has 2 aromatic carbocycles. The van der Waals surface area contributed by atoms with E-state index in [1.165, 1.54) is 0 Å². The monoisotopic (exact) mass is 404 g/mol. The van der Waals surface area contributed by atoms with Gasteiger partial charge in [0.25, 0.3) is 5.91 Å². The second kappa shape index (κ2) is 8.38. The van der Waals surface area contributed by atoms with Gasteiger partial charge in [-0.3, -0.25) is 9.78 Å². The molecule has 0 radical (unpaired) electrons. The predicted molar refractivity (Wildman–Crippen MR) is 116 cm³/mol. The Hall–Kier alpha value is -2.95. The van der Waals surface area contributed by atoms with Crippen LogP contribution in [0.2, 0.25) is 5.02 Å². The molecule has 0 aliphatic heterocycles. The van der Waals surface area contributed by atoms with Crippen LogP contribution in [0.15, 0.2) is 83.7 Å². The van der Waals surface area contributed by atoms with Crippen LogP contribution < -0.4 is 5.32 Å². The second-order valence-corrected chi connectivity index (χ2v) is 7.51. The molecular formula is C23H17ClN2OS. The first kappa shape index (κ1) is 18.4. The Morgan fingerprint density at radius 2 is 1.82 bits per heavy atom. The number of carbonyl (C=O) groups excluding carboxylic acids is 1. The predicted octanol–water partition coefficient (Wildman–Crippen LogP) is 6.06. The van der Waals surface area contributed by atoms with Gasteiger partial charge in [0.2, 0.25) is 0 Å². The van der Waals surface area contributed by atoms with Crippen LogP contribution in [0.4, 0.5) is 0 Å². The molecule has 0 aliphatic rings. The van der Waals surface area contributed by atoms with E-state index in [4.69, 9.17) is 11.6 Å². The Morgan fingerprint density at radius 3 is 2.57 bits per heavy atom. The highest BCUT2D eigenvalue weighted by atomic mass is 35.5. The lowest BCUT2D eigenvalue weighted by molar-refractivity contribution is 0.0951. The van der Waals surface area contributed by atoms with Crippen molar-refractivity contribution in [1.29, 1.82) is 0 Å². The molecule has 0 saturated carbocycles. The zero-order valence-electron chi connectivity index (χ0n) is 14.9. The Morgan fingerprint density at radius 1 is 0.964 bits per heavy atom. The van der Waals surface area contributed by atoms with Gasteiger partial charge in [0.15, 0.2) is 0 Å². The molecule has 0 atom stereocenters. The summed E-state index contributed by atoms with van der Waals surface area (Å²) in [6.45, 7) is 0.425. The smallest absolute Gasteiger partial charge is 0.251 e. The van der Waals surface area contributed by atoms with Gasteiger partial charge in [-0.25, -0.2) is 0 Å². The van der Waals surface area contributed by atoms with Crippen LogP contribution in [-0.2, 0) is 6.54 Å². The van der Waals surface area contributed by atoms with Gasteiger partial charge in [-0.1, -0.05) is 41.9 Å². The first-order chi connectivity index (χ1) is 13.7. The van der Waals surface area contributed by atoms with Gasteiger partial charge in [-0.2, -0.15) is 11.3 Å². The highest BCUT2D eigenvalue weighted by Gasteiger charge is 2.10. The molecule has 0 fully saturated rings. The van der Waals surface area contributed by atoms with Gasteiger partial charge in [0.1, 0.15) is 0 Å². The molecule has 138 valence electrons. The van der Waals surface area contributed by atoms with Gasteiger partial charge in [0, 0.05) is 34.3 Å². The van der Waals surface area contributed by atoms with Crippen molar-refractivity contribution in [2.75, 3.05) is 0 Å². The largest absolute Gasteiger partial charge is 0.348 e. The van der Waals surface area contributed by atoms with E-state index in [2.05, 4.69) is 15.7 Å². The first-order valence-corrected chi connectivity index (χ1v) is 10.1. The standard InChI is InChI=1S/C23H17ClN2OS/c24-21-5-1-3-18(13-21)16-6-8-17(9-7-16)23(27)26-14-19-4-2-11-25-22(19)20-10-12-28-15-20/h1-13,15H,14H2,(H,26,27). The molecule has 0 bridgehead atoms. The number of carbonyl (C=O) groups is 1. The van der Waals surface area contributed by atoms with Crippen LogP contribution in [0.3, 0.4) is 0 Å². The lowest BCUT2D eigenvalue weighted by Crippen LogP contribution is -2.23. The number of nitrogens with one attached hydrogen (secondary N) is 1. The third-order valence-electron chi connectivity index (χ3n) is 4.43. The Bertz CT molecular complexity index is 1090. The number of hydrogen-bond donors (Lipinski definition) is 1. The van der Waals surface area contributed by atoms with Crippen LogP contribution in [0.25, 0.3) is 22.4 Å². The molecule has 1 N–H and O–H groups in total. The molecule has 0 aliphatic carbocycles. The van der Waals surface area contributed by atoms with Crippen molar-refractivity contribution in [3.8, 4) is 22.4 Å². The minimum Gasteiger partial charge on any atom is -0.348 e. The second-order valence-electron chi connectivity index (χ2n) is 6.29. The van der Waals surface area contributed by atoms with E-state index < -0.39 is 0 Å². The fraction of sp³-hybridized carbons (Fsp3) is 0.0435. The Balaban J connectivity index is 1.46. The van der Waals surface area contributed by atoms with Crippen molar-refractivity contribution in [2.45, 2.75) is 6.54 Å². The van der Waals surface area contributed by atoms with Crippen molar-refractivity contribution in [2.24, 2.45) is 0 Å². The number of aromatic nitrogens is 1. The fourth-order valence-corrected chi connectivity index (χ4v) is 3.83. The number of rotatable bonds is 5. The average molecular weight is 405 g/mol. The van der Waals surface area contributed by atoms with Crippen LogP contribution in [0.1, 0.15) is 15.9 Å². The maximum absolute atomic E-state index is 12.6. The van der Waals surface area contributed by atoms with E-state index in [1.54, 1.807) is 17.5 Å². The summed E-state index contributed by atoms with van der Waals surface area (Å²) in [5.74, 6) is -0.113. The summed E-state index contributed by atoms with van der Waals surface area (Å²) >= 11 is 7.69. The SMILES string of the molecule is O=C(NCc1cccnc1-c1ccsc1)c1ccc(-c2cccc(Cl)c2)cc1. The zero-order valence-corrected chi connectivity index (χ0v) is 16.5. The summed E-state index contributed by atoms with van der Waals surface area (Å²) < 4.78 is 0. The number of benzene rings is 2. The topological polar surface area (TPSA) is 42.0 Å². The van der Waals surface area contributed by atoms with Crippen molar-refractivity contribution in [1.82, 2.24) is 10.3 Å². The molecule has 1 amide bonds. The van der Waals surface area contributed by atoms with E-state index in [-0.39, 0.29) is 5.91 Å². The summed E-state index contributed by atoms with van der Waals surface area (Å²) in [6.07, 6.45) is 1.77. The molecule has 0 spiro atoms. The number of pyridine rings is 1. The van der Waals surface area contributed by atoms with Crippen LogP contribution in [0.5, 0.6) is 0 Å². The number of amides is 1. The maximum Gasteiger partial charge on any atom is 0.251 e. The summed E-state index contributed by atoms with van der Waals surface area (Å²) in [5.41, 5.74) is 5.62. The zero-order chi connectivity index (χ0) is 19.3. The van der Waals surface area contributed by atoms with Gasteiger partial charge in [0.05, 0.1) is 5.69 Å². The fourth-order valence-electron chi connectivity index (χ4n) is 3.00. The molecule has 5 heteroatoms. The molecule has 28 heavy (non-hydrogen) atoms. The third-order valence-corrected chi connectivity index (χ3v) is 5.35. The van der Waals surface area contributed by atoms with E-state index in [1.807, 2.05) is 72.1 Å². The van der Waals surface area contributed by atoms with Crippen LogP contribution >= 0.6 is 22.9 Å². The van der Waals surface area contributed by atoms with Gasteiger partial charge < -0.3 is 5.32 Å². The number of thiophene rings is 1. The lowest BCUT2D eigenvalue weighted by atomic mass is 10.0. The average Bonchev–Trinajstić information content (AvgIpc) is 3.27. The number of nitrogens with zero attached hydrogens (tertiary/aromatic N) is 1. The van der Waals surface area contributed by atoms with Crippen LogP contribution in [-0.4, -0.2) is 10.9 Å². The summed E-state index contributed by atoms with van der Waals surface area (Å²) in [7, 11) is 0. The van der Waals surface area contributed by atoms with Gasteiger partial charge in [-0.05, 0) is 58.5 Å². The molecule has 4 rings (SSSR count). The molecule has 4 aromatic rings. The van der Waals surface area contributed by atoms with Crippen molar-refractivity contribution >= 4 is 28.8 Å². The van der Waals surface area contributed by atoms with Crippen molar-refractivity contribution in [3.05, 3.63) is 99.8 Å². The highest BCUT2D eigenvalue weighted by molar-refractivity contribution is 7.08. The van der Waals surface area contributed by atoms with E-state index in [0.29, 0.717) is 17.1 Å². The Kier molecular flexibility index (Phi) is 5.51. The molecule has 2 aromatic heterocycles. The quantitative estimate of drug-likeness (QED) is 0.439. The minimum absolute atomic E-state index is 0.113. The number of halogens is 1. The summed E-state index contributed by atoms with van der Waals surface area (Å²) in [5, 5.41) is 7.76. The van der Waals surface area contributed by atoms with Gasteiger partial charge in [-0.15, -0.1) is 0 Å². The lowest BCUT2D eigenvalue weighted by Gasteiger charge is -2.10. The van der Waals surface area contributed by atoms with E-state index in [9.17, 15) is 4.79 Å².